The van der Waals surface area contributed by atoms with Crippen molar-refractivity contribution < 1.29 is 17.6 Å². The van der Waals surface area contributed by atoms with Crippen LogP contribution in [0.25, 0.3) is 11.1 Å². The van der Waals surface area contributed by atoms with E-state index in [4.69, 9.17) is 9.15 Å². The maximum absolute atomic E-state index is 12.1. The predicted octanol–water partition coefficient (Wildman–Crippen LogP) is 0.434. The minimum atomic E-state index is -3.67. The fraction of sp³-hybridized carbons (Fsp3) is 0.364. The zero-order valence-electron chi connectivity index (χ0n) is 10.5. The molecule has 1 heterocycles. The van der Waals surface area contributed by atoms with Gasteiger partial charge in [0.25, 0.3) is 0 Å². The lowest BCUT2D eigenvalue weighted by Crippen LogP contribution is -2.35. The summed E-state index contributed by atoms with van der Waals surface area (Å²) in [5.74, 6) is -0.620. The Bertz CT molecular complexity index is 731. The predicted molar refractivity (Wildman–Crippen MR) is 68.5 cm³/mol. The smallest absolute Gasteiger partial charge is 0.408 e. The van der Waals surface area contributed by atoms with E-state index in [1.807, 2.05) is 0 Å². The zero-order chi connectivity index (χ0) is 14.0. The van der Waals surface area contributed by atoms with E-state index in [0.29, 0.717) is 5.52 Å². The highest BCUT2D eigenvalue weighted by molar-refractivity contribution is 7.89. The highest BCUT2D eigenvalue weighted by atomic mass is 32.2. The van der Waals surface area contributed by atoms with Crippen molar-refractivity contribution >= 4 is 21.1 Å². The summed E-state index contributed by atoms with van der Waals surface area (Å²) in [5, 5.41) is 0. The van der Waals surface area contributed by atoms with Crippen molar-refractivity contribution in [2.75, 3.05) is 13.7 Å². The van der Waals surface area contributed by atoms with Crippen molar-refractivity contribution in [3.05, 3.63) is 28.7 Å². The Kier molecular flexibility index (Phi) is 3.74. The number of nitrogens with one attached hydrogen (secondary N) is 2. The maximum Gasteiger partial charge on any atom is 0.417 e. The standard InChI is InChI=1S/C11H14N2O5S/c1-7(6-17-2)13-19(15,16)8-3-4-9-10(5-8)18-11(14)12-9/h3-5,7,13H,6H2,1-2H3,(H,12,14)/t7-/m0/s1. The van der Waals surface area contributed by atoms with E-state index in [-0.39, 0.29) is 23.1 Å². The first-order chi connectivity index (χ1) is 8.92. The van der Waals surface area contributed by atoms with Gasteiger partial charge in [0.15, 0.2) is 5.58 Å². The van der Waals surface area contributed by atoms with Crippen LogP contribution >= 0.6 is 0 Å². The van der Waals surface area contributed by atoms with Crippen LogP contribution in [0.3, 0.4) is 0 Å². The second kappa shape index (κ2) is 5.16. The normalized spacial score (nSPS) is 13.8. The molecular weight excluding hydrogens is 272 g/mol. The van der Waals surface area contributed by atoms with E-state index in [1.165, 1.54) is 25.3 Å². The molecule has 1 atom stereocenters. The molecule has 7 nitrogen and oxygen atoms in total. The quantitative estimate of drug-likeness (QED) is 0.830. The van der Waals surface area contributed by atoms with Crippen LogP contribution in [0.1, 0.15) is 6.92 Å². The summed E-state index contributed by atoms with van der Waals surface area (Å²) in [6, 6.07) is 3.82. The van der Waals surface area contributed by atoms with Gasteiger partial charge in [0.1, 0.15) is 0 Å². The van der Waals surface area contributed by atoms with Crippen molar-refractivity contribution in [3.8, 4) is 0 Å². The van der Waals surface area contributed by atoms with Crippen LogP contribution in [0, 0.1) is 0 Å². The number of hydrogen-bond acceptors (Lipinski definition) is 5. The summed E-state index contributed by atoms with van der Waals surface area (Å²) in [6.45, 7) is 1.96. The lowest BCUT2D eigenvalue weighted by molar-refractivity contribution is 0.180. The van der Waals surface area contributed by atoms with E-state index in [2.05, 4.69) is 9.71 Å². The fourth-order valence-corrected chi connectivity index (χ4v) is 2.95. The van der Waals surface area contributed by atoms with Crippen molar-refractivity contribution in [3.63, 3.8) is 0 Å². The highest BCUT2D eigenvalue weighted by Crippen LogP contribution is 2.16. The molecule has 8 heteroatoms. The molecule has 0 saturated carbocycles. The molecule has 19 heavy (non-hydrogen) atoms. The average molecular weight is 286 g/mol. The Balaban J connectivity index is 2.34. The monoisotopic (exact) mass is 286 g/mol. The third-order valence-electron chi connectivity index (χ3n) is 2.48. The number of H-pyrrole nitrogens is 1. The second-order valence-corrected chi connectivity index (χ2v) is 5.86. The number of aromatic nitrogens is 1. The van der Waals surface area contributed by atoms with E-state index >= 15 is 0 Å². The van der Waals surface area contributed by atoms with E-state index in [9.17, 15) is 13.2 Å². The van der Waals surface area contributed by atoms with Crippen LogP contribution in [0.15, 0.2) is 32.3 Å². The Morgan fingerprint density at radius 3 is 2.89 bits per heavy atom. The van der Waals surface area contributed by atoms with Gasteiger partial charge in [-0.3, -0.25) is 4.98 Å². The van der Waals surface area contributed by atoms with Gasteiger partial charge in [0.05, 0.1) is 17.0 Å². The Morgan fingerprint density at radius 2 is 2.21 bits per heavy atom. The van der Waals surface area contributed by atoms with Crippen molar-refractivity contribution in [2.24, 2.45) is 0 Å². The molecule has 2 rings (SSSR count). The van der Waals surface area contributed by atoms with Crippen molar-refractivity contribution in [2.45, 2.75) is 17.9 Å². The highest BCUT2D eigenvalue weighted by Gasteiger charge is 2.18. The van der Waals surface area contributed by atoms with E-state index < -0.39 is 15.8 Å². The minimum Gasteiger partial charge on any atom is -0.408 e. The Morgan fingerprint density at radius 1 is 1.47 bits per heavy atom. The van der Waals surface area contributed by atoms with Gasteiger partial charge in [-0.2, -0.15) is 0 Å². The number of oxazole rings is 1. The van der Waals surface area contributed by atoms with Gasteiger partial charge >= 0.3 is 5.76 Å². The molecule has 2 aromatic rings. The summed E-state index contributed by atoms with van der Waals surface area (Å²) in [7, 11) is -2.18. The summed E-state index contributed by atoms with van der Waals surface area (Å²) in [6.07, 6.45) is 0. The molecule has 0 spiro atoms. The van der Waals surface area contributed by atoms with Gasteiger partial charge in [-0.05, 0) is 19.1 Å². The number of hydrogen-bond donors (Lipinski definition) is 2. The molecule has 0 fully saturated rings. The first kappa shape index (κ1) is 13.8. The van der Waals surface area contributed by atoms with Crippen LogP contribution in [0.2, 0.25) is 0 Å². The molecule has 1 aromatic carbocycles. The van der Waals surface area contributed by atoms with Crippen molar-refractivity contribution in [1.29, 1.82) is 0 Å². The molecule has 0 radical (unpaired) electrons. The van der Waals surface area contributed by atoms with Crippen LogP contribution < -0.4 is 10.5 Å². The third kappa shape index (κ3) is 3.03. The zero-order valence-corrected chi connectivity index (χ0v) is 11.3. The van der Waals surface area contributed by atoms with Crippen LogP contribution in [0.5, 0.6) is 0 Å². The average Bonchev–Trinajstić information content (AvgIpc) is 2.67. The lowest BCUT2D eigenvalue weighted by Gasteiger charge is -2.12. The molecule has 0 saturated heterocycles. The first-order valence-corrected chi connectivity index (χ1v) is 7.05. The van der Waals surface area contributed by atoms with E-state index in [1.54, 1.807) is 6.92 Å². The SMILES string of the molecule is COC[C@H](C)NS(=O)(=O)c1ccc2[nH]c(=O)oc2c1. The largest absolute Gasteiger partial charge is 0.417 e. The summed E-state index contributed by atoms with van der Waals surface area (Å²) < 4.78 is 36.3. The summed E-state index contributed by atoms with van der Waals surface area (Å²) in [5.41, 5.74) is 0.654. The molecule has 0 aliphatic carbocycles. The van der Waals surface area contributed by atoms with Gasteiger partial charge in [0, 0.05) is 19.2 Å². The molecule has 0 aliphatic heterocycles. The van der Waals surface area contributed by atoms with Gasteiger partial charge in [0.2, 0.25) is 10.0 Å². The number of rotatable bonds is 5. The van der Waals surface area contributed by atoms with Gasteiger partial charge in [-0.1, -0.05) is 0 Å². The number of sulfonamides is 1. The number of aromatic amines is 1. The number of benzene rings is 1. The Hall–Kier alpha value is -1.64. The molecular formula is C11H14N2O5S. The molecule has 0 amide bonds. The Labute approximate surface area is 109 Å². The third-order valence-corrected chi connectivity index (χ3v) is 4.06. The van der Waals surface area contributed by atoms with Crippen molar-refractivity contribution in [1.82, 2.24) is 9.71 Å². The van der Waals surface area contributed by atoms with Gasteiger partial charge in [-0.25, -0.2) is 17.9 Å². The van der Waals surface area contributed by atoms with Gasteiger partial charge in [-0.15, -0.1) is 0 Å². The van der Waals surface area contributed by atoms with Crippen LogP contribution in [-0.2, 0) is 14.8 Å². The number of fused-ring (bicyclic) bond motifs is 1. The summed E-state index contributed by atoms with van der Waals surface area (Å²) in [4.78, 5) is 13.5. The summed E-state index contributed by atoms with van der Waals surface area (Å²) >= 11 is 0. The lowest BCUT2D eigenvalue weighted by atomic mass is 10.3. The first-order valence-electron chi connectivity index (χ1n) is 5.56. The number of methoxy groups -OCH3 is 1. The fourth-order valence-electron chi connectivity index (χ4n) is 1.71. The molecule has 104 valence electrons. The minimum absolute atomic E-state index is 0.0331. The molecule has 0 aliphatic rings. The molecule has 2 N–H and O–H groups in total. The molecule has 0 bridgehead atoms. The van der Waals surface area contributed by atoms with Gasteiger partial charge < -0.3 is 9.15 Å². The second-order valence-electron chi connectivity index (χ2n) is 4.15. The van der Waals surface area contributed by atoms with Crippen LogP contribution in [0.4, 0.5) is 0 Å². The van der Waals surface area contributed by atoms with E-state index in [0.717, 1.165) is 0 Å². The number of ether oxygens (including phenoxy) is 1. The maximum atomic E-state index is 12.1. The molecule has 1 aromatic heterocycles. The molecule has 0 unspecified atom stereocenters. The van der Waals surface area contributed by atoms with Crippen LogP contribution in [-0.4, -0.2) is 33.2 Å². The topological polar surface area (TPSA) is 101 Å².